The minimum atomic E-state index is -1.18. The van der Waals surface area contributed by atoms with Crippen LogP contribution < -0.4 is 10.1 Å². The van der Waals surface area contributed by atoms with E-state index in [0.717, 1.165) is 23.5 Å². The smallest absolute Gasteiger partial charge is 0.346 e. The van der Waals surface area contributed by atoms with Gasteiger partial charge in [-0.1, -0.05) is 18.2 Å². The maximum atomic E-state index is 14.4. The van der Waals surface area contributed by atoms with Crippen molar-refractivity contribution in [2.75, 3.05) is 12.4 Å². The molecule has 29 heavy (non-hydrogen) atoms. The Hall–Kier alpha value is -3.26. The third-order valence-corrected chi connectivity index (χ3v) is 6.12. The molecule has 1 aliphatic heterocycles. The van der Waals surface area contributed by atoms with E-state index >= 15 is 0 Å². The number of carboxylic acids is 1. The fraction of sp³-hybridized carbons (Fsp3) is 0.143. The van der Waals surface area contributed by atoms with Crippen LogP contribution in [0.2, 0.25) is 0 Å². The maximum absolute atomic E-state index is 14.4. The summed E-state index contributed by atoms with van der Waals surface area (Å²) in [5.74, 6) is -3.48. The van der Waals surface area contributed by atoms with Crippen molar-refractivity contribution in [2.45, 2.75) is 12.3 Å². The number of nitrogens with one attached hydrogen (secondary N) is 1. The first-order valence-electron chi connectivity index (χ1n) is 8.68. The lowest BCUT2D eigenvalue weighted by molar-refractivity contribution is -0.116. The van der Waals surface area contributed by atoms with Crippen LogP contribution in [0.4, 0.5) is 14.5 Å². The molecule has 0 aliphatic carbocycles. The Bertz CT molecular complexity index is 1100. The van der Waals surface area contributed by atoms with Crippen molar-refractivity contribution in [1.29, 1.82) is 0 Å². The second-order valence-corrected chi connectivity index (χ2v) is 7.57. The summed E-state index contributed by atoms with van der Waals surface area (Å²) >= 11 is 0.918. The summed E-state index contributed by atoms with van der Waals surface area (Å²) in [4.78, 5) is 24.7. The number of aromatic carboxylic acids is 1. The van der Waals surface area contributed by atoms with Gasteiger partial charge in [0.2, 0.25) is 5.91 Å². The van der Waals surface area contributed by atoms with Crippen molar-refractivity contribution >= 4 is 28.9 Å². The molecule has 3 aromatic rings. The van der Waals surface area contributed by atoms with Crippen LogP contribution in [0.15, 0.2) is 42.5 Å². The van der Waals surface area contributed by atoms with E-state index in [0.29, 0.717) is 21.8 Å². The third-order valence-electron chi connectivity index (χ3n) is 4.83. The molecule has 2 N–H and O–H groups in total. The van der Waals surface area contributed by atoms with E-state index in [1.54, 1.807) is 24.3 Å². The van der Waals surface area contributed by atoms with Crippen molar-refractivity contribution in [3.63, 3.8) is 0 Å². The van der Waals surface area contributed by atoms with Crippen molar-refractivity contribution < 1.29 is 28.2 Å². The molecule has 1 aromatic heterocycles. The predicted octanol–water partition coefficient (Wildman–Crippen LogP) is 4.87. The van der Waals surface area contributed by atoms with Gasteiger partial charge >= 0.3 is 5.97 Å². The molecule has 2 heterocycles. The van der Waals surface area contributed by atoms with Gasteiger partial charge in [-0.15, -0.1) is 11.3 Å². The summed E-state index contributed by atoms with van der Waals surface area (Å²) in [7, 11) is 1.51. The molecule has 8 heteroatoms. The van der Waals surface area contributed by atoms with Crippen LogP contribution in [0.25, 0.3) is 11.1 Å². The molecule has 1 amide bonds. The normalized spacial score (nSPS) is 15.6. The molecule has 0 saturated heterocycles. The molecule has 148 valence electrons. The van der Waals surface area contributed by atoms with Crippen LogP contribution >= 0.6 is 11.3 Å². The van der Waals surface area contributed by atoms with Gasteiger partial charge < -0.3 is 15.2 Å². The molecule has 0 radical (unpaired) electrons. The molecular formula is C21H15F2NO4S. The zero-order chi connectivity index (χ0) is 20.7. The molecule has 0 spiro atoms. The Morgan fingerprint density at radius 1 is 1.17 bits per heavy atom. The first kappa shape index (κ1) is 19.1. The largest absolute Gasteiger partial charge is 0.497 e. The molecule has 1 atom stereocenters. The zero-order valence-electron chi connectivity index (χ0n) is 15.2. The average Bonchev–Trinajstić information content (AvgIpc) is 3.07. The molecule has 0 fully saturated rings. The molecule has 1 aliphatic rings. The summed E-state index contributed by atoms with van der Waals surface area (Å²) in [6.07, 6.45) is -0.174. The summed E-state index contributed by atoms with van der Waals surface area (Å²) in [6.45, 7) is 0. The molecule has 4 rings (SSSR count). The van der Waals surface area contributed by atoms with E-state index in [1.165, 1.54) is 13.2 Å². The molecule has 0 bridgehead atoms. The van der Waals surface area contributed by atoms with Gasteiger partial charge in [0.1, 0.15) is 22.3 Å². The summed E-state index contributed by atoms with van der Waals surface area (Å²) in [6, 6.07) is 10.2. The second-order valence-electron chi connectivity index (χ2n) is 6.52. The van der Waals surface area contributed by atoms with E-state index in [9.17, 15) is 23.5 Å². The number of rotatable bonds is 4. The van der Waals surface area contributed by atoms with Gasteiger partial charge in [-0.3, -0.25) is 4.79 Å². The van der Waals surface area contributed by atoms with Crippen LogP contribution in [0.1, 0.15) is 32.5 Å². The van der Waals surface area contributed by atoms with Crippen molar-refractivity contribution in [2.24, 2.45) is 0 Å². The zero-order valence-corrected chi connectivity index (χ0v) is 16.0. The monoisotopic (exact) mass is 415 g/mol. The van der Waals surface area contributed by atoms with E-state index in [-0.39, 0.29) is 22.5 Å². The standard InChI is InChI=1S/C21H15F2NO4S/c1-28-11-7-5-10(6-8-11)16-18-19(29-20(16)21(26)27)12(9-15(25)24-18)17-13(22)3-2-4-14(17)23/h2-8,12H,9H2,1H3,(H,24,25)(H,26,27)/t12-/m1/s1. The summed E-state index contributed by atoms with van der Waals surface area (Å²) in [5.41, 5.74) is 0.912. The molecule has 0 saturated carbocycles. The number of ether oxygens (including phenoxy) is 1. The number of fused-ring (bicyclic) bond motifs is 1. The van der Waals surface area contributed by atoms with Gasteiger partial charge in [0.25, 0.3) is 0 Å². The summed E-state index contributed by atoms with van der Waals surface area (Å²) in [5, 5.41) is 12.4. The van der Waals surface area contributed by atoms with Gasteiger partial charge in [0, 0.05) is 28.3 Å². The predicted molar refractivity (Wildman–Crippen MR) is 105 cm³/mol. The van der Waals surface area contributed by atoms with Crippen molar-refractivity contribution in [1.82, 2.24) is 0 Å². The average molecular weight is 415 g/mol. The minimum absolute atomic E-state index is 0.0101. The molecule has 2 aromatic carbocycles. The first-order valence-corrected chi connectivity index (χ1v) is 9.50. The van der Waals surface area contributed by atoms with Crippen LogP contribution in [-0.4, -0.2) is 24.1 Å². The van der Waals surface area contributed by atoms with Gasteiger partial charge in [-0.2, -0.15) is 0 Å². The Morgan fingerprint density at radius 3 is 2.41 bits per heavy atom. The van der Waals surface area contributed by atoms with Crippen LogP contribution in [0.3, 0.4) is 0 Å². The number of anilines is 1. The number of thiophene rings is 1. The van der Waals surface area contributed by atoms with Crippen molar-refractivity contribution in [3.05, 3.63) is 69.4 Å². The van der Waals surface area contributed by atoms with E-state index in [1.807, 2.05) is 0 Å². The number of carbonyl (C=O) groups is 2. The van der Waals surface area contributed by atoms with Crippen LogP contribution in [-0.2, 0) is 4.79 Å². The maximum Gasteiger partial charge on any atom is 0.346 e. The Labute approximate surface area is 168 Å². The number of hydrogen-bond acceptors (Lipinski definition) is 4. The fourth-order valence-corrected chi connectivity index (χ4v) is 4.78. The fourth-order valence-electron chi connectivity index (χ4n) is 3.55. The number of methoxy groups -OCH3 is 1. The highest BCUT2D eigenvalue weighted by Gasteiger charge is 2.36. The number of hydrogen-bond donors (Lipinski definition) is 2. The Balaban J connectivity index is 1.95. The van der Waals surface area contributed by atoms with Gasteiger partial charge in [0.05, 0.1) is 12.8 Å². The lowest BCUT2D eigenvalue weighted by Crippen LogP contribution is -2.23. The highest BCUT2D eigenvalue weighted by atomic mass is 32.1. The SMILES string of the molecule is COc1ccc(-c2c(C(=O)O)sc3c2NC(=O)C[C@@H]3c2c(F)cccc2F)cc1. The lowest BCUT2D eigenvalue weighted by Gasteiger charge is -2.24. The van der Waals surface area contributed by atoms with Crippen LogP contribution in [0, 0.1) is 11.6 Å². The van der Waals surface area contributed by atoms with Gasteiger partial charge in [-0.05, 0) is 29.8 Å². The lowest BCUT2D eigenvalue weighted by atomic mass is 9.88. The van der Waals surface area contributed by atoms with E-state index < -0.39 is 29.4 Å². The highest BCUT2D eigenvalue weighted by Crippen LogP contribution is 2.50. The summed E-state index contributed by atoms with van der Waals surface area (Å²) < 4.78 is 34.0. The quantitative estimate of drug-likeness (QED) is 0.637. The molecule has 0 unspecified atom stereocenters. The number of carbonyl (C=O) groups excluding carboxylic acids is 1. The topological polar surface area (TPSA) is 75.6 Å². The van der Waals surface area contributed by atoms with E-state index in [2.05, 4.69) is 5.32 Å². The van der Waals surface area contributed by atoms with E-state index in [4.69, 9.17) is 4.74 Å². The first-order chi connectivity index (χ1) is 13.9. The highest BCUT2D eigenvalue weighted by molar-refractivity contribution is 7.15. The number of halogens is 2. The van der Waals surface area contributed by atoms with Gasteiger partial charge in [0.15, 0.2) is 0 Å². The third kappa shape index (κ3) is 3.25. The van der Waals surface area contributed by atoms with Crippen LogP contribution in [0.5, 0.6) is 5.75 Å². The van der Waals surface area contributed by atoms with Gasteiger partial charge in [-0.25, -0.2) is 13.6 Å². The Kier molecular flexibility index (Phi) is 4.79. The second kappa shape index (κ2) is 7.29. The molecule has 5 nitrogen and oxygen atoms in total. The number of benzene rings is 2. The Morgan fingerprint density at radius 2 is 1.83 bits per heavy atom. The number of amides is 1. The van der Waals surface area contributed by atoms with Crippen molar-refractivity contribution in [3.8, 4) is 16.9 Å². The minimum Gasteiger partial charge on any atom is -0.497 e. The number of carboxylic acid groups (broad SMARTS) is 1. The molecular weight excluding hydrogens is 400 g/mol.